The number of carbonyl (C=O) groups is 4. The van der Waals surface area contributed by atoms with Gasteiger partial charge in [-0.1, -0.05) is 39.8 Å². The normalized spacial score (nSPS) is 30.0. The number of nitrogens with two attached hydrogens (primary N) is 1. The largest absolute Gasteiger partial charge is 0.508 e. The van der Waals surface area contributed by atoms with Crippen molar-refractivity contribution in [1.29, 1.82) is 0 Å². The predicted octanol–water partition coefficient (Wildman–Crippen LogP) is 2.61. The number of benzene rings is 1. The number of phenolic OH excluding ortho intramolecular Hbond substituents is 1. The van der Waals surface area contributed by atoms with Gasteiger partial charge >= 0.3 is 0 Å². The molecule has 0 radical (unpaired) electrons. The molecule has 5 atom stereocenters. The van der Waals surface area contributed by atoms with Crippen LogP contribution >= 0.6 is 0 Å². The lowest BCUT2D eigenvalue weighted by Crippen LogP contribution is -2.62. The van der Waals surface area contributed by atoms with Crippen LogP contribution in [0.15, 0.2) is 35.1 Å². The van der Waals surface area contributed by atoms with Gasteiger partial charge in [-0.3, -0.25) is 19.2 Å². The Balaban J connectivity index is 1.99. The number of aromatic hydroxyl groups is 1. The summed E-state index contributed by atoms with van der Waals surface area (Å²) in [6.07, 6.45) is -0.430. The number of ketones is 3. The van der Waals surface area contributed by atoms with E-state index in [0.717, 1.165) is 0 Å². The van der Waals surface area contributed by atoms with Gasteiger partial charge < -0.3 is 26.2 Å². The van der Waals surface area contributed by atoms with E-state index in [1.165, 1.54) is 6.07 Å². The number of amides is 1. The summed E-state index contributed by atoms with van der Waals surface area (Å²) in [5.74, 6) is -8.74. The van der Waals surface area contributed by atoms with Crippen LogP contribution in [0.5, 0.6) is 5.75 Å². The Bertz CT molecular complexity index is 1270. The third-order valence-corrected chi connectivity index (χ3v) is 7.75. The number of rotatable bonds is 4. The number of hydrogen-bond donors (Lipinski definition) is 5. The topological polar surface area (TPSA) is 175 Å². The standard InChI is InChI=1S/C27H31NO8/c1-11-13-6-5-7-16(30)19(13)22(32)21-18(11)14(8-12(29)10-26(2,3)4)15-9-17(31)20(25(28)35)23(33)27(15,36)24(21)34/h5-7,11,14-15,18,30,32-33,36H,8-10H2,1-4H3,(H2,28,35)/t11-,14+,15+,18-,27+/m0/s1. The molecule has 3 aliphatic rings. The average Bonchev–Trinajstić information content (AvgIpc) is 2.74. The van der Waals surface area contributed by atoms with Crippen LogP contribution in [0.25, 0.3) is 5.76 Å². The highest BCUT2D eigenvalue weighted by molar-refractivity contribution is 6.23. The number of fused-ring (bicyclic) bond motifs is 3. The van der Waals surface area contributed by atoms with Gasteiger partial charge in [0.25, 0.3) is 5.91 Å². The second-order valence-corrected chi connectivity index (χ2v) is 11.4. The Morgan fingerprint density at radius 2 is 1.78 bits per heavy atom. The Morgan fingerprint density at radius 3 is 2.36 bits per heavy atom. The number of aliphatic hydroxyl groups is 3. The van der Waals surface area contributed by atoms with E-state index >= 15 is 0 Å². The first-order chi connectivity index (χ1) is 16.6. The van der Waals surface area contributed by atoms with Gasteiger partial charge in [-0.15, -0.1) is 0 Å². The van der Waals surface area contributed by atoms with Gasteiger partial charge in [-0.25, -0.2) is 0 Å². The van der Waals surface area contributed by atoms with Crippen molar-refractivity contribution >= 4 is 29.0 Å². The first kappa shape index (κ1) is 25.6. The van der Waals surface area contributed by atoms with Crippen LogP contribution in [-0.2, 0) is 19.2 Å². The van der Waals surface area contributed by atoms with Crippen molar-refractivity contribution in [3.63, 3.8) is 0 Å². The fourth-order valence-electron chi connectivity index (χ4n) is 6.37. The summed E-state index contributed by atoms with van der Waals surface area (Å²) in [5.41, 5.74) is 1.63. The molecule has 4 rings (SSSR count). The molecule has 1 fully saturated rings. The predicted molar refractivity (Wildman–Crippen MR) is 129 cm³/mol. The van der Waals surface area contributed by atoms with Gasteiger partial charge in [0.2, 0.25) is 5.78 Å². The molecule has 1 saturated carbocycles. The lowest BCUT2D eigenvalue weighted by Gasteiger charge is -2.52. The molecule has 1 aromatic carbocycles. The molecular weight excluding hydrogens is 466 g/mol. The first-order valence-electron chi connectivity index (χ1n) is 11.9. The van der Waals surface area contributed by atoms with E-state index < -0.39 is 70.3 Å². The fourth-order valence-corrected chi connectivity index (χ4v) is 6.37. The molecule has 192 valence electrons. The third-order valence-electron chi connectivity index (χ3n) is 7.75. The molecule has 0 saturated heterocycles. The van der Waals surface area contributed by atoms with Crippen molar-refractivity contribution in [2.24, 2.45) is 28.9 Å². The number of aliphatic hydroxyl groups excluding tert-OH is 2. The number of primary amides is 1. The summed E-state index contributed by atoms with van der Waals surface area (Å²) < 4.78 is 0. The molecule has 9 heteroatoms. The summed E-state index contributed by atoms with van der Waals surface area (Å²) >= 11 is 0. The molecular formula is C27H31NO8. The molecule has 0 aliphatic heterocycles. The minimum Gasteiger partial charge on any atom is -0.508 e. The minimum absolute atomic E-state index is 0.0249. The summed E-state index contributed by atoms with van der Waals surface area (Å²) in [5, 5.41) is 44.3. The Labute approximate surface area is 208 Å². The lowest BCUT2D eigenvalue weighted by molar-refractivity contribution is -0.155. The van der Waals surface area contributed by atoms with Crippen molar-refractivity contribution in [3.05, 3.63) is 46.2 Å². The molecule has 36 heavy (non-hydrogen) atoms. The van der Waals surface area contributed by atoms with E-state index in [2.05, 4.69) is 0 Å². The van der Waals surface area contributed by atoms with Crippen molar-refractivity contribution in [3.8, 4) is 5.75 Å². The molecule has 1 aromatic rings. The molecule has 0 aromatic heterocycles. The summed E-state index contributed by atoms with van der Waals surface area (Å²) in [4.78, 5) is 51.8. The SMILES string of the molecule is C[C@H]1c2cccc(O)c2C(O)=C2C(=O)[C@]3(O)C(O)=C(C(N)=O)C(=O)C[C@@H]3[C@@H](CC(=O)CC(C)(C)C)[C@@H]21. The summed E-state index contributed by atoms with van der Waals surface area (Å²) in [7, 11) is 0. The number of hydrogen-bond acceptors (Lipinski definition) is 8. The number of Topliss-reactive ketones (excluding diaryl/α,β-unsaturated/α-hetero) is 3. The zero-order valence-electron chi connectivity index (χ0n) is 20.7. The van der Waals surface area contributed by atoms with E-state index in [0.29, 0.717) is 5.56 Å². The molecule has 0 unspecified atom stereocenters. The molecule has 1 amide bonds. The Kier molecular flexibility index (Phi) is 5.91. The van der Waals surface area contributed by atoms with Gasteiger partial charge in [-0.05, 0) is 28.9 Å². The zero-order chi connectivity index (χ0) is 26.9. The van der Waals surface area contributed by atoms with Crippen LogP contribution in [0.2, 0.25) is 0 Å². The molecule has 3 aliphatic carbocycles. The van der Waals surface area contributed by atoms with Crippen LogP contribution in [0.3, 0.4) is 0 Å². The van der Waals surface area contributed by atoms with Crippen LogP contribution in [0.4, 0.5) is 0 Å². The fraction of sp³-hybridized carbons (Fsp3) is 0.481. The smallest absolute Gasteiger partial charge is 0.255 e. The quantitative estimate of drug-likeness (QED) is 0.394. The van der Waals surface area contributed by atoms with Gasteiger partial charge in [0, 0.05) is 36.7 Å². The highest BCUT2D eigenvalue weighted by Crippen LogP contribution is 2.58. The summed E-state index contributed by atoms with van der Waals surface area (Å²) in [6, 6.07) is 4.64. The van der Waals surface area contributed by atoms with Gasteiger partial charge in [0.05, 0.1) is 5.56 Å². The summed E-state index contributed by atoms with van der Waals surface area (Å²) in [6.45, 7) is 7.46. The maximum atomic E-state index is 13.8. The molecule has 9 nitrogen and oxygen atoms in total. The highest BCUT2D eigenvalue weighted by Gasteiger charge is 2.65. The molecule has 0 bridgehead atoms. The number of phenols is 1. The van der Waals surface area contributed by atoms with Gasteiger partial charge in [0.15, 0.2) is 11.4 Å². The van der Waals surface area contributed by atoms with Crippen LogP contribution in [0.1, 0.15) is 64.0 Å². The minimum atomic E-state index is -2.74. The van der Waals surface area contributed by atoms with E-state index in [9.17, 15) is 39.6 Å². The van der Waals surface area contributed by atoms with Crippen molar-refractivity contribution in [1.82, 2.24) is 0 Å². The Morgan fingerprint density at radius 1 is 1.14 bits per heavy atom. The van der Waals surface area contributed by atoms with E-state index in [1.807, 2.05) is 20.8 Å². The van der Waals surface area contributed by atoms with Crippen molar-refractivity contribution in [2.45, 2.75) is 58.5 Å². The van der Waals surface area contributed by atoms with Crippen molar-refractivity contribution < 1.29 is 39.6 Å². The third kappa shape index (κ3) is 3.64. The maximum Gasteiger partial charge on any atom is 0.255 e. The molecule has 6 N–H and O–H groups in total. The highest BCUT2D eigenvalue weighted by atomic mass is 16.3. The lowest BCUT2D eigenvalue weighted by atomic mass is 9.51. The van der Waals surface area contributed by atoms with Crippen molar-refractivity contribution in [2.75, 3.05) is 0 Å². The monoisotopic (exact) mass is 497 g/mol. The van der Waals surface area contributed by atoms with E-state index in [-0.39, 0.29) is 40.9 Å². The van der Waals surface area contributed by atoms with Gasteiger partial charge in [-0.2, -0.15) is 0 Å². The van der Waals surface area contributed by atoms with E-state index in [1.54, 1.807) is 19.1 Å². The molecule has 0 heterocycles. The number of carbonyl (C=O) groups excluding carboxylic acids is 4. The van der Waals surface area contributed by atoms with Gasteiger partial charge in [0.1, 0.15) is 28.6 Å². The zero-order valence-corrected chi connectivity index (χ0v) is 20.7. The van der Waals surface area contributed by atoms with Crippen LogP contribution in [-0.4, -0.2) is 49.3 Å². The second-order valence-electron chi connectivity index (χ2n) is 11.4. The Hall–Kier alpha value is -3.46. The van der Waals surface area contributed by atoms with E-state index in [4.69, 9.17) is 5.73 Å². The molecule has 0 spiro atoms. The maximum absolute atomic E-state index is 13.8. The van der Waals surface area contributed by atoms with Crippen LogP contribution in [0, 0.1) is 23.2 Å². The van der Waals surface area contributed by atoms with Crippen LogP contribution < -0.4 is 5.73 Å². The second kappa shape index (κ2) is 8.30. The first-order valence-corrected chi connectivity index (χ1v) is 11.9. The average molecular weight is 498 g/mol.